The Morgan fingerprint density at radius 3 is 1.30 bits per heavy atom. The highest BCUT2D eigenvalue weighted by Crippen LogP contribution is 2.32. The Hall–Kier alpha value is -1.22. The summed E-state index contributed by atoms with van der Waals surface area (Å²) in [5.74, 6) is -1.86. The van der Waals surface area contributed by atoms with Crippen molar-refractivity contribution in [1.82, 2.24) is 0 Å². The zero-order valence-corrected chi connectivity index (χ0v) is 11.7. The number of ether oxygens (including phenoxy) is 2. The molecule has 8 heteroatoms. The van der Waals surface area contributed by atoms with Crippen molar-refractivity contribution in [3.05, 3.63) is 0 Å². The molecule has 0 aromatic heterocycles. The van der Waals surface area contributed by atoms with Gasteiger partial charge in [-0.2, -0.15) is 0 Å². The van der Waals surface area contributed by atoms with Crippen LogP contribution < -0.4 is 11.5 Å². The minimum Gasteiger partial charge on any atom is -0.480 e. The van der Waals surface area contributed by atoms with E-state index in [1.165, 1.54) is 0 Å². The molecule has 0 bridgehead atoms. The van der Waals surface area contributed by atoms with Crippen molar-refractivity contribution in [2.24, 2.45) is 11.5 Å². The van der Waals surface area contributed by atoms with Crippen LogP contribution in [0.2, 0.25) is 0 Å². The number of carbonyl (C=O) groups is 2. The van der Waals surface area contributed by atoms with Crippen molar-refractivity contribution in [1.29, 1.82) is 0 Å². The van der Waals surface area contributed by atoms with Gasteiger partial charge in [0.1, 0.15) is 11.1 Å². The van der Waals surface area contributed by atoms with Crippen LogP contribution in [0.4, 0.5) is 0 Å². The molecule has 2 saturated carbocycles. The van der Waals surface area contributed by atoms with E-state index in [0.29, 0.717) is 25.7 Å². The highest BCUT2D eigenvalue weighted by Gasteiger charge is 2.48. The summed E-state index contributed by atoms with van der Waals surface area (Å²) in [6, 6.07) is 0. The fraction of sp³-hybridized carbons (Fsp3) is 0.833. The minimum absolute atomic E-state index is 0.0427. The van der Waals surface area contributed by atoms with E-state index < -0.39 is 23.0 Å². The van der Waals surface area contributed by atoms with E-state index >= 15 is 0 Å². The molecule has 2 fully saturated rings. The molecule has 2 rings (SSSR count). The summed E-state index contributed by atoms with van der Waals surface area (Å²) in [7, 11) is 3.12. The van der Waals surface area contributed by atoms with Crippen LogP contribution in [0.1, 0.15) is 25.7 Å². The topological polar surface area (TPSA) is 145 Å². The highest BCUT2D eigenvalue weighted by atomic mass is 16.5. The molecule has 0 aromatic rings. The van der Waals surface area contributed by atoms with Crippen molar-refractivity contribution in [3.8, 4) is 0 Å². The standard InChI is InChI=1S/2C6H11NO3/c2*1-10-4-2-6(7,3-4)5(8)9/h2*4H,2-3,7H2,1H3,(H,8,9). The summed E-state index contributed by atoms with van der Waals surface area (Å²) < 4.78 is 9.78. The van der Waals surface area contributed by atoms with Gasteiger partial charge in [-0.15, -0.1) is 0 Å². The Labute approximate surface area is 117 Å². The minimum atomic E-state index is -1.01. The highest BCUT2D eigenvalue weighted by molar-refractivity contribution is 5.80. The first-order chi connectivity index (χ1) is 9.16. The number of hydrogen-bond acceptors (Lipinski definition) is 6. The fourth-order valence-electron chi connectivity index (χ4n) is 2.19. The third-order valence-corrected chi connectivity index (χ3v) is 3.89. The zero-order valence-electron chi connectivity index (χ0n) is 11.7. The molecule has 116 valence electrons. The number of aliphatic carboxylic acids is 2. The summed E-state index contributed by atoms with van der Waals surface area (Å²) in [4.78, 5) is 20.8. The molecule has 0 atom stereocenters. The fourth-order valence-corrected chi connectivity index (χ4v) is 2.19. The van der Waals surface area contributed by atoms with Gasteiger partial charge in [-0.1, -0.05) is 0 Å². The van der Waals surface area contributed by atoms with Crippen LogP contribution in [0.3, 0.4) is 0 Å². The van der Waals surface area contributed by atoms with Crippen LogP contribution in [0.25, 0.3) is 0 Å². The average molecular weight is 290 g/mol. The Bertz CT molecular complexity index is 338. The van der Waals surface area contributed by atoms with Gasteiger partial charge in [-0.05, 0) is 0 Å². The monoisotopic (exact) mass is 290 g/mol. The van der Waals surface area contributed by atoms with Gasteiger partial charge in [-0.25, -0.2) is 0 Å². The molecule has 0 heterocycles. The quantitative estimate of drug-likeness (QED) is 0.524. The average Bonchev–Trinajstić information content (AvgIpc) is 2.30. The van der Waals surface area contributed by atoms with Gasteiger partial charge >= 0.3 is 11.9 Å². The van der Waals surface area contributed by atoms with Crippen molar-refractivity contribution in [2.45, 2.75) is 49.0 Å². The Kier molecular flexibility index (Phi) is 5.09. The summed E-state index contributed by atoms with van der Waals surface area (Å²) in [6.45, 7) is 0. The molecule has 20 heavy (non-hydrogen) atoms. The molecule has 0 unspecified atom stereocenters. The normalized spacial score (nSPS) is 38.8. The maximum Gasteiger partial charge on any atom is 0.323 e. The van der Waals surface area contributed by atoms with Crippen molar-refractivity contribution in [2.75, 3.05) is 14.2 Å². The second-order valence-electron chi connectivity index (χ2n) is 5.45. The maximum atomic E-state index is 10.4. The molecule has 0 saturated heterocycles. The van der Waals surface area contributed by atoms with E-state index in [9.17, 15) is 9.59 Å². The van der Waals surface area contributed by atoms with Crippen LogP contribution >= 0.6 is 0 Å². The van der Waals surface area contributed by atoms with Gasteiger partial charge in [0.2, 0.25) is 0 Å². The van der Waals surface area contributed by atoms with E-state index in [2.05, 4.69) is 0 Å². The van der Waals surface area contributed by atoms with Crippen molar-refractivity contribution >= 4 is 11.9 Å². The van der Waals surface area contributed by atoms with Gasteiger partial charge in [0, 0.05) is 39.9 Å². The van der Waals surface area contributed by atoms with E-state index in [4.69, 9.17) is 31.2 Å². The number of hydrogen-bond donors (Lipinski definition) is 4. The predicted molar refractivity (Wildman–Crippen MR) is 69.2 cm³/mol. The lowest BCUT2D eigenvalue weighted by atomic mass is 9.75. The molecule has 8 nitrogen and oxygen atoms in total. The lowest BCUT2D eigenvalue weighted by Crippen LogP contribution is -2.60. The first-order valence-electron chi connectivity index (χ1n) is 6.27. The first kappa shape index (κ1) is 16.8. The van der Waals surface area contributed by atoms with Crippen molar-refractivity contribution < 1.29 is 29.3 Å². The predicted octanol–water partition coefficient (Wildman–Crippen LogP) is -0.845. The van der Waals surface area contributed by atoms with Gasteiger partial charge in [0.15, 0.2) is 0 Å². The smallest absolute Gasteiger partial charge is 0.323 e. The van der Waals surface area contributed by atoms with Crippen LogP contribution in [0, 0.1) is 0 Å². The zero-order chi connectivity index (χ0) is 15.6. The molecule has 0 aromatic carbocycles. The first-order valence-corrected chi connectivity index (χ1v) is 6.27. The van der Waals surface area contributed by atoms with Gasteiger partial charge < -0.3 is 31.2 Å². The second kappa shape index (κ2) is 6.04. The molecule has 2 aliphatic rings. The molecule has 0 spiro atoms. The molecule has 0 radical (unpaired) electrons. The van der Waals surface area contributed by atoms with Crippen molar-refractivity contribution in [3.63, 3.8) is 0 Å². The lowest BCUT2D eigenvalue weighted by Gasteiger charge is -2.40. The maximum absolute atomic E-state index is 10.4. The third-order valence-electron chi connectivity index (χ3n) is 3.89. The molecule has 0 aliphatic heterocycles. The molecular formula is C12H22N2O6. The largest absolute Gasteiger partial charge is 0.480 e. The third kappa shape index (κ3) is 3.45. The number of methoxy groups -OCH3 is 2. The summed E-state index contributed by atoms with van der Waals surface area (Å²) in [6.07, 6.45) is 1.80. The van der Waals surface area contributed by atoms with Gasteiger partial charge in [-0.3, -0.25) is 9.59 Å². The molecular weight excluding hydrogens is 268 g/mol. The number of carboxylic acid groups (broad SMARTS) is 2. The number of rotatable bonds is 4. The SMILES string of the molecule is COC1CC(N)(C(=O)O)C1.COC1CC(N)(C(=O)O)C1. The van der Waals surface area contributed by atoms with Gasteiger partial charge in [0.05, 0.1) is 12.2 Å². The van der Waals surface area contributed by atoms with Crippen LogP contribution in [-0.4, -0.2) is 59.7 Å². The Morgan fingerprint density at radius 1 is 0.900 bits per heavy atom. The van der Waals surface area contributed by atoms with E-state index in [1.807, 2.05) is 0 Å². The Balaban J connectivity index is 0.000000200. The van der Waals surface area contributed by atoms with E-state index in [-0.39, 0.29) is 12.2 Å². The summed E-state index contributed by atoms with van der Waals surface area (Å²) in [5, 5.41) is 17.1. The van der Waals surface area contributed by atoms with E-state index in [1.54, 1.807) is 14.2 Å². The van der Waals surface area contributed by atoms with Gasteiger partial charge in [0.25, 0.3) is 0 Å². The molecule has 0 amide bonds. The Morgan fingerprint density at radius 2 is 1.15 bits per heavy atom. The van der Waals surface area contributed by atoms with Crippen LogP contribution in [0.5, 0.6) is 0 Å². The van der Waals surface area contributed by atoms with Crippen LogP contribution in [0.15, 0.2) is 0 Å². The molecule has 2 aliphatic carbocycles. The number of carboxylic acids is 2. The van der Waals surface area contributed by atoms with Crippen LogP contribution in [-0.2, 0) is 19.1 Å². The van der Waals surface area contributed by atoms with E-state index in [0.717, 1.165) is 0 Å². The molecule has 6 N–H and O–H groups in total. The summed E-state index contributed by atoms with van der Waals surface area (Å²) in [5.41, 5.74) is 8.84. The number of nitrogens with two attached hydrogens (primary N) is 2. The lowest BCUT2D eigenvalue weighted by molar-refractivity contribution is -0.153. The second-order valence-corrected chi connectivity index (χ2v) is 5.45. The summed E-state index contributed by atoms with van der Waals surface area (Å²) >= 11 is 0.